The number of hydrogen-bond donors (Lipinski definition) is 2. The third-order valence-corrected chi connectivity index (χ3v) is 4.79. The molecule has 1 aromatic heterocycles. The number of nitrogens with zero attached hydrogens (tertiary/aromatic N) is 2. The Labute approximate surface area is 171 Å². The standard InChI is InChI=1S/C23H26N4O2/c1-4-16(2)13-24-22(28)18-5-9-20(10-6-18)27-23-25-14-19(15-26-23)17-7-11-21(29-3)12-8-17/h5-12,14-16H,4,13H2,1-3H3,(H,24,28)(H,25,26,27). The molecule has 0 saturated carbocycles. The first-order valence-electron chi connectivity index (χ1n) is 9.70. The van der Waals surface area contributed by atoms with Gasteiger partial charge in [-0.1, -0.05) is 32.4 Å². The van der Waals surface area contributed by atoms with Crippen molar-refractivity contribution in [3.63, 3.8) is 0 Å². The van der Waals surface area contributed by atoms with E-state index in [-0.39, 0.29) is 5.91 Å². The maximum absolute atomic E-state index is 12.2. The molecule has 0 aliphatic carbocycles. The molecular formula is C23H26N4O2. The van der Waals surface area contributed by atoms with Gasteiger partial charge >= 0.3 is 0 Å². The first-order chi connectivity index (χ1) is 14.1. The van der Waals surface area contributed by atoms with Crippen LogP contribution in [-0.4, -0.2) is 29.5 Å². The molecule has 0 aliphatic rings. The number of hydrogen-bond acceptors (Lipinski definition) is 5. The number of carbonyl (C=O) groups excluding carboxylic acids is 1. The Hall–Kier alpha value is -3.41. The van der Waals surface area contributed by atoms with Crippen LogP contribution < -0.4 is 15.4 Å². The van der Waals surface area contributed by atoms with E-state index in [0.717, 1.165) is 29.0 Å². The molecule has 1 atom stereocenters. The molecule has 1 heterocycles. The highest BCUT2D eigenvalue weighted by molar-refractivity contribution is 5.94. The molecule has 2 aromatic carbocycles. The van der Waals surface area contributed by atoms with Gasteiger partial charge in [0, 0.05) is 35.8 Å². The van der Waals surface area contributed by atoms with Gasteiger partial charge in [0.25, 0.3) is 5.91 Å². The zero-order valence-corrected chi connectivity index (χ0v) is 17.0. The SMILES string of the molecule is CCC(C)CNC(=O)c1ccc(Nc2ncc(-c3ccc(OC)cc3)cn2)cc1. The molecule has 150 valence electrons. The van der Waals surface area contributed by atoms with Gasteiger partial charge in [-0.25, -0.2) is 9.97 Å². The van der Waals surface area contributed by atoms with Gasteiger partial charge < -0.3 is 15.4 Å². The number of methoxy groups -OCH3 is 1. The number of aromatic nitrogens is 2. The molecule has 0 bridgehead atoms. The second-order valence-electron chi connectivity index (χ2n) is 6.95. The molecule has 1 amide bonds. The molecule has 0 aliphatic heterocycles. The average Bonchev–Trinajstić information content (AvgIpc) is 2.78. The largest absolute Gasteiger partial charge is 0.497 e. The molecule has 0 radical (unpaired) electrons. The fourth-order valence-electron chi connectivity index (χ4n) is 2.67. The minimum absolute atomic E-state index is 0.0584. The van der Waals surface area contributed by atoms with Crippen LogP contribution in [0, 0.1) is 5.92 Å². The van der Waals surface area contributed by atoms with Crippen LogP contribution in [0.4, 0.5) is 11.6 Å². The fraction of sp³-hybridized carbons (Fsp3) is 0.261. The van der Waals surface area contributed by atoms with Crippen molar-refractivity contribution in [1.29, 1.82) is 0 Å². The maximum atomic E-state index is 12.2. The van der Waals surface area contributed by atoms with Crippen molar-refractivity contribution in [2.24, 2.45) is 5.92 Å². The molecule has 3 rings (SSSR count). The van der Waals surface area contributed by atoms with Crippen LogP contribution in [0.25, 0.3) is 11.1 Å². The van der Waals surface area contributed by atoms with Crippen LogP contribution >= 0.6 is 0 Å². The van der Waals surface area contributed by atoms with Gasteiger partial charge in [0.05, 0.1) is 7.11 Å². The topological polar surface area (TPSA) is 76.1 Å². The summed E-state index contributed by atoms with van der Waals surface area (Å²) in [7, 11) is 1.64. The quantitative estimate of drug-likeness (QED) is 0.584. The Kier molecular flexibility index (Phi) is 6.79. The molecule has 0 saturated heterocycles. The number of anilines is 2. The molecule has 3 aromatic rings. The minimum atomic E-state index is -0.0584. The highest BCUT2D eigenvalue weighted by Gasteiger charge is 2.07. The van der Waals surface area contributed by atoms with Crippen LogP contribution in [0.5, 0.6) is 5.75 Å². The summed E-state index contributed by atoms with van der Waals surface area (Å²) >= 11 is 0. The van der Waals surface area contributed by atoms with E-state index in [1.54, 1.807) is 31.6 Å². The maximum Gasteiger partial charge on any atom is 0.251 e. The second-order valence-corrected chi connectivity index (χ2v) is 6.95. The van der Waals surface area contributed by atoms with Gasteiger partial charge in [-0.2, -0.15) is 0 Å². The van der Waals surface area contributed by atoms with Gasteiger partial charge in [0.1, 0.15) is 5.75 Å². The molecule has 2 N–H and O–H groups in total. The molecule has 1 unspecified atom stereocenters. The van der Waals surface area contributed by atoms with E-state index in [2.05, 4.69) is 34.4 Å². The zero-order chi connectivity index (χ0) is 20.6. The Morgan fingerprint density at radius 3 is 2.24 bits per heavy atom. The van der Waals surface area contributed by atoms with Crippen molar-refractivity contribution >= 4 is 17.5 Å². The molecule has 0 fully saturated rings. The lowest BCUT2D eigenvalue weighted by molar-refractivity contribution is 0.0948. The molecule has 6 heteroatoms. The highest BCUT2D eigenvalue weighted by Crippen LogP contribution is 2.22. The van der Waals surface area contributed by atoms with Crippen LogP contribution in [0.2, 0.25) is 0 Å². The third kappa shape index (κ3) is 5.54. The van der Waals surface area contributed by atoms with E-state index in [4.69, 9.17) is 4.74 Å². The molecule has 0 spiro atoms. The lowest BCUT2D eigenvalue weighted by atomic mass is 10.1. The minimum Gasteiger partial charge on any atom is -0.497 e. The van der Waals surface area contributed by atoms with Gasteiger partial charge in [0.2, 0.25) is 5.95 Å². The lowest BCUT2D eigenvalue weighted by Gasteiger charge is -2.11. The van der Waals surface area contributed by atoms with Crippen LogP contribution in [0.15, 0.2) is 60.9 Å². The van der Waals surface area contributed by atoms with E-state index in [9.17, 15) is 4.79 Å². The Bertz CT molecular complexity index is 923. The summed E-state index contributed by atoms with van der Waals surface area (Å²) in [6.45, 7) is 4.92. The van der Waals surface area contributed by atoms with E-state index >= 15 is 0 Å². The predicted molar refractivity (Wildman–Crippen MR) is 116 cm³/mol. The number of carbonyl (C=O) groups is 1. The second kappa shape index (κ2) is 9.68. The van der Waals surface area contributed by atoms with Crippen LogP contribution in [0.1, 0.15) is 30.6 Å². The monoisotopic (exact) mass is 390 g/mol. The van der Waals surface area contributed by atoms with E-state index in [1.807, 2.05) is 36.4 Å². The lowest BCUT2D eigenvalue weighted by Crippen LogP contribution is -2.27. The summed E-state index contributed by atoms with van der Waals surface area (Å²) in [6, 6.07) is 15.0. The van der Waals surface area contributed by atoms with Gasteiger partial charge in [-0.15, -0.1) is 0 Å². The van der Waals surface area contributed by atoms with Crippen LogP contribution in [0.3, 0.4) is 0 Å². The van der Waals surface area contributed by atoms with Crippen LogP contribution in [-0.2, 0) is 0 Å². The van der Waals surface area contributed by atoms with Crippen molar-refractivity contribution in [3.05, 3.63) is 66.5 Å². The first-order valence-corrected chi connectivity index (χ1v) is 9.70. The van der Waals surface area contributed by atoms with Crippen molar-refractivity contribution < 1.29 is 9.53 Å². The number of amides is 1. The average molecular weight is 390 g/mol. The predicted octanol–water partition coefficient (Wildman–Crippen LogP) is 4.67. The summed E-state index contributed by atoms with van der Waals surface area (Å²) in [6.07, 6.45) is 4.59. The fourth-order valence-corrected chi connectivity index (χ4v) is 2.67. The Morgan fingerprint density at radius 1 is 1.00 bits per heavy atom. The van der Waals surface area contributed by atoms with Crippen molar-refractivity contribution in [1.82, 2.24) is 15.3 Å². The van der Waals surface area contributed by atoms with Crippen molar-refractivity contribution in [2.75, 3.05) is 19.0 Å². The summed E-state index contributed by atoms with van der Waals surface area (Å²) in [4.78, 5) is 20.9. The summed E-state index contributed by atoms with van der Waals surface area (Å²) in [5, 5.41) is 6.11. The summed E-state index contributed by atoms with van der Waals surface area (Å²) in [5.41, 5.74) is 3.40. The Morgan fingerprint density at radius 2 is 1.66 bits per heavy atom. The van der Waals surface area contributed by atoms with E-state index in [1.165, 1.54) is 0 Å². The number of benzene rings is 2. The summed E-state index contributed by atoms with van der Waals surface area (Å²) in [5.74, 6) is 1.72. The van der Waals surface area contributed by atoms with E-state index in [0.29, 0.717) is 24.0 Å². The molecular weight excluding hydrogens is 364 g/mol. The van der Waals surface area contributed by atoms with Crippen molar-refractivity contribution in [3.8, 4) is 16.9 Å². The van der Waals surface area contributed by atoms with Gasteiger partial charge in [-0.05, 0) is 47.9 Å². The van der Waals surface area contributed by atoms with Crippen molar-refractivity contribution in [2.45, 2.75) is 20.3 Å². The number of nitrogens with one attached hydrogen (secondary N) is 2. The third-order valence-electron chi connectivity index (χ3n) is 4.79. The summed E-state index contributed by atoms with van der Waals surface area (Å²) < 4.78 is 5.18. The Balaban J connectivity index is 1.60. The molecule has 29 heavy (non-hydrogen) atoms. The van der Waals surface area contributed by atoms with Gasteiger partial charge in [-0.3, -0.25) is 4.79 Å². The normalized spacial score (nSPS) is 11.6. The van der Waals surface area contributed by atoms with E-state index < -0.39 is 0 Å². The van der Waals surface area contributed by atoms with Gasteiger partial charge in [0.15, 0.2) is 0 Å². The highest BCUT2D eigenvalue weighted by atomic mass is 16.5. The number of rotatable bonds is 8. The number of ether oxygens (including phenoxy) is 1. The zero-order valence-electron chi connectivity index (χ0n) is 17.0. The smallest absolute Gasteiger partial charge is 0.251 e. The molecule has 6 nitrogen and oxygen atoms in total. The first kappa shape index (κ1) is 20.3.